The molecule has 0 aliphatic carbocycles. The molecule has 0 bridgehead atoms. The van der Waals surface area contributed by atoms with Gasteiger partial charge in [0.25, 0.3) is 0 Å². The normalized spacial score (nSPS) is 13.8. The van der Waals surface area contributed by atoms with Gasteiger partial charge in [-0.1, -0.05) is 36.4 Å². The zero-order chi connectivity index (χ0) is 13.1. The van der Waals surface area contributed by atoms with Gasteiger partial charge in [-0.3, -0.25) is 0 Å². The monoisotopic (exact) mass is 254 g/mol. The van der Waals surface area contributed by atoms with Crippen LogP contribution in [0, 0.1) is 0 Å². The van der Waals surface area contributed by atoms with Gasteiger partial charge in [-0.15, -0.1) is 0 Å². The Morgan fingerprint density at radius 1 is 1.05 bits per heavy atom. The standard InChI is InChI=1S/C16H18N2O/c17-11-13-4-3-5-14(10-13)12-18-8-9-19-16-7-2-1-6-15(16)18/h1-7,10H,8-9,11-12,17H2. The Labute approximate surface area is 113 Å². The molecule has 0 unspecified atom stereocenters. The van der Waals surface area contributed by atoms with E-state index in [2.05, 4.69) is 41.3 Å². The Morgan fingerprint density at radius 2 is 1.89 bits per heavy atom. The fourth-order valence-corrected chi connectivity index (χ4v) is 2.47. The fraction of sp³-hybridized carbons (Fsp3) is 0.250. The van der Waals surface area contributed by atoms with Crippen LogP contribution in [0.5, 0.6) is 5.75 Å². The maximum absolute atomic E-state index is 5.69. The average Bonchev–Trinajstić information content (AvgIpc) is 2.48. The lowest BCUT2D eigenvalue weighted by molar-refractivity contribution is 0.307. The first-order chi connectivity index (χ1) is 9.36. The Kier molecular flexibility index (Phi) is 3.38. The molecule has 2 N–H and O–H groups in total. The van der Waals surface area contributed by atoms with Crippen LogP contribution in [0.15, 0.2) is 48.5 Å². The van der Waals surface area contributed by atoms with E-state index in [9.17, 15) is 0 Å². The summed E-state index contributed by atoms with van der Waals surface area (Å²) in [4.78, 5) is 2.36. The van der Waals surface area contributed by atoms with Gasteiger partial charge in [-0.25, -0.2) is 0 Å². The van der Waals surface area contributed by atoms with Crippen molar-refractivity contribution in [1.82, 2.24) is 0 Å². The molecule has 0 radical (unpaired) electrons. The van der Waals surface area contributed by atoms with E-state index in [-0.39, 0.29) is 0 Å². The van der Waals surface area contributed by atoms with Crippen molar-refractivity contribution in [1.29, 1.82) is 0 Å². The summed E-state index contributed by atoms with van der Waals surface area (Å²) in [5.41, 5.74) is 9.34. The fourth-order valence-electron chi connectivity index (χ4n) is 2.47. The van der Waals surface area contributed by atoms with Gasteiger partial charge < -0.3 is 15.4 Å². The summed E-state index contributed by atoms with van der Waals surface area (Å²) in [6.07, 6.45) is 0. The number of nitrogens with zero attached hydrogens (tertiary/aromatic N) is 1. The summed E-state index contributed by atoms with van der Waals surface area (Å²) in [6, 6.07) is 16.7. The second kappa shape index (κ2) is 5.33. The van der Waals surface area contributed by atoms with Gasteiger partial charge in [-0.2, -0.15) is 0 Å². The maximum Gasteiger partial charge on any atom is 0.142 e. The third-order valence-electron chi connectivity index (χ3n) is 3.43. The van der Waals surface area contributed by atoms with Crippen LogP contribution in [0.3, 0.4) is 0 Å². The SMILES string of the molecule is NCc1cccc(CN2CCOc3ccccc32)c1. The summed E-state index contributed by atoms with van der Waals surface area (Å²) in [6.45, 7) is 3.15. The lowest BCUT2D eigenvalue weighted by atomic mass is 10.1. The van der Waals surface area contributed by atoms with Crippen LogP contribution in [0.2, 0.25) is 0 Å². The van der Waals surface area contributed by atoms with Crippen molar-refractivity contribution in [2.75, 3.05) is 18.1 Å². The molecule has 2 aromatic rings. The van der Waals surface area contributed by atoms with E-state index in [1.54, 1.807) is 0 Å². The molecule has 3 heteroatoms. The van der Waals surface area contributed by atoms with Gasteiger partial charge in [0, 0.05) is 13.1 Å². The Bertz CT molecular complexity index is 568. The van der Waals surface area contributed by atoms with Crippen LogP contribution >= 0.6 is 0 Å². The molecular formula is C16H18N2O. The van der Waals surface area contributed by atoms with E-state index < -0.39 is 0 Å². The smallest absolute Gasteiger partial charge is 0.142 e. The van der Waals surface area contributed by atoms with Crippen molar-refractivity contribution in [2.45, 2.75) is 13.1 Å². The van der Waals surface area contributed by atoms with Crippen LogP contribution in [-0.4, -0.2) is 13.2 Å². The van der Waals surface area contributed by atoms with Crippen LogP contribution in [0.4, 0.5) is 5.69 Å². The minimum absolute atomic E-state index is 0.591. The molecule has 3 rings (SSSR count). The number of para-hydroxylation sites is 2. The van der Waals surface area contributed by atoms with E-state index in [0.717, 1.165) is 25.4 Å². The highest BCUT2D eigenvalue weighted by molar-refractivity contribution is 5.59. The van der Waals surface area contributed by atoms with Crippen molar-refractivity contribution < 1.29 is 4.74 Å². The molecular weight excluding hydrogens is 236 g/mol. The Hall–Kier alpha value is -2.00. The third-order valence-corrected chi connectivity index (χ3v) is 3.43. The zero-order valence-corrected chi connectivity index (χ0v) is 10.9. The van der Waals surface area contributed by atoms with Crippen LogP contribution in [-0.2, 0) is 13.1 Å². The summed E-state index contributed by atoms with van der Waals surface area (Å²) in [5.74, 6) is 0.976. The number of hydrogen-bond donors (Lipinski definition) is 1. The molecule has 0 atom stereocenters. The van der Waals surface area contributed by atoms with Crippen LogP contribution in [0.25, 0.3) is 0 Å². The highest BCUT2D eigenvalue weighted by atomic mass is 16.5. The molecule has 1 aliphatic rings. The molecule has 1 aliphatic heterocycles. The van der Waals surface area contributed by atoms with Gasteiger partial charge in [-0.05, 0) is 23.3 Å². The molecule has 0 spiro atoms. The van der Waals surface area contributed by atoms with Crippen molar-refractivity contribution in [3.63, 3.8) is 0 Å². The molecule has 2 aromatic carbocycles. The average molecular weight is 254 g/mol. The summed E-state index contributed by atoms with van der Waals surface area (Å²) < 4.78 is 5.67. The summed E-state index contributed by atoms with van der Waals surface area (Å²) >= 11 is 0. The molecule has 0 fully saturated rings. The number of benzene rings is 2. The largest absolute Gasteiger partial charge is 0.490 e. The van der Waals surface area contributed by atoms with Crippen LogP contribution in [0.1, 0.15) is 11.1 Å². The summed E-state index contributed by atoms with van der Waals surface area (Å²) in [7, 11) is 0. The van der Waals surface area contributed by atoms with Crippen LogP contribution < -0.4 is 15.4 Å². The molecule has 0 saturated carbocycles. The zero-order valence-electron chi connectivity index (χ0n) is 10.9. The van der Waals surface area contributed by atoms with E-state index in [0.29, 0.717) is 6.54 Å². The topological polar surface area (TPSA) is 38.5 Å². The first-order valence-electron chi connectivity index (χ1n) is 6.61. The van der Waals surface area contributed by atoms with E-state index in [4.69, 9.17) is 10.5 Å². The number of hydrogen-bond acceptors (Lipinski definition) is 3. The minimum Gasteiger partial charge on any atom is -0.490 e. The van der Waals surface area contributed by atoms with Gasteiger partial charge in [0.2, 0.25) is 0 Å². The number of nitrogens with two attached hydrogens (primary N) is 1. The number of anilines is 1. The second-order valence-electron chi connectivity index (χ2n) is 4.76. The third kappa shape index (κ3) is 2.56. The van der Waals surface area contributed by atoms with Crippen molar-refractivity contribution in [3.05, 3.63) is 59.7 Å². The second-order valence-corrected chi connectivity index (χ2v) is 4.76. The predicted molar refractivity (Wildman–Crippen MR) is 77.3 cm³/mol. The number of ether oxygens (including phenoxy) is 1. The molecule has 0 amide bonds. The molecule has 1 heterocycles. The quantitative estimate of drug-likeness (QED) is 0.914. The van der Waals surface area contributed by atoms with E-state index in [1.165, 1.54) is 16.8 Å². The molecule has 19 heavy (non-hydrogen) atoms. The molecule has 0 aromatic heterocycles. The van der Waals surface area contributed by atoms with E-state index >= 15 is 0 Å². The minimum atomic E-state index is 0.591. The Morgan fingerprint density at radius 3 is 2.79 bits per heavy atom. The van der Waals surface area contributed by atoms with E-state index in [1.807, 2.05) is 12.1 Å². The van der Waals surface area contributed by atoms with Crippen molar-refractivity contribution >= 4 is 5.69 Å². The summed E-state index contributed by atoms with van der Waals surface area (Å²) in [5, 5.41) is 0. The number of fused-ring (bicyclic) bond motifs is 1. The first-order valence-corrected chi connectivity index (χ1v) is 6.61. The highest BCUT2D eigenvalue weighted by Gasteiger charge is 2.17. The van der Waals surface area contributed by atoms with Crippen molar-refractivity contribution in [3.8, 4) is 5.75 Å². The Balaban J connectivity index is 1.84. The first kappa shape index (κ1) is 12.1. The van der Waals surface area contributed by atoms with Crippen molar-refractivity contribution in [2.24, 2.45) is 5.73 Å². The number of rotatable bonds is 3. The van der Waals surface area contributed by atoms with Gasteiger partial charge in [0.1, 0.15) is 12.4 Å². The van der Waals surface area contributed by atoms with Gasteiger partial charge in [0.05, 0.1) is 12.2 Å². The highest BCUT2D eigenvalue weighted by Crippen LogP contribution is 2.31. The van der Waals surface area contributed by atoms with Gasteiger partial charge >= 0.3 is 0 Å². The predicted octanol–water partition coefficient (Wildman–Crippen LogP) is 2.54. The molecule has 98 valence electrons. The molecule has 0 saturated heterocycles. The molecule has 3 nitrogen and oxygen atoms in total. The van der Waals surface area contributed by atoms with Gasteiger partial charge in [0.15, 0.2) is 0 Å². The lowest BCUT2D eigenvalue weighted by Crippen LogP contribution is -2.32. The maximum atomic E-state index is 5.69. The lowest BCUT2D eigenvalue weighted by Gasteiger charge is -2.31.